The van der Waals surface area contributed by atoms with Crippen molar-refractivity contribution < 1.29 is 4.74 Å². The second-order valence-electron chi connectivity index (χ2n) is 5.63. The second-order valence-corrected chi connectivity index (χ2v) is 5.63. The van der Waals surface area contributed by atoms with Crippen LogP contribution in [-0.4, -0.2) is 27.1 Å². The highest BCUT2D eigenvalue weighted by Crippen LogP contribution is 2.21. The van der Waals surface area contributed by atoms with Gasteiger partial charge in [0.25, 0.3) is 0 Å². The van der Waals surface area contributed by atoms with Crippen molar-refractivity contribution in [3.05, 3.63) is 36.2 Å². The Morgan fingerprint density at radius 3 is 3.05 bits per heavy atom. The van der Waals surface area contributed by atoms with Gasteiger partial charge in [-0.25, -0.2) is 4.68 Å². The normalized spacial score (nSPS) is 15.9. The molecule has 5 heteroatoms. The Morgan fingerprint density at radius 1 is 1.43 bits per heavy atom. The zero-order valence-corrected chi connectivity index (χ0v) is 12.6. The standard InChI is InChI=1S/C16H22N4O/c1-3-12(2)21-16-6-4-5-14(9-16)20-15(11-18-19-20)10-17-13-7-8-13/h4-6,9,11-13,17H,3,7-8,10H2,1-2H3. The van der Waals surface area contributed by atoms with E-state index in [1.165, 1.54) is 12.8 Å². The van der Waals surface area contributed by atoms with Crippen molar-refractivity contribution in [2.45, 2.75) is 51.8 Å². The molecule has 1 saturated carbocycles. The van der Waals surface area contributed by atoms with Crippen LogP contribution in [0.25, 0.3) is 5.69 Å². The van der Waals surface area contributed by atoms with Gasteiger partial charge in [0.05, 0.1) is 23.7 Å². The molecule has 0 amide bonds. The van der Waals surface area contributed by atoms with Gasteiger partial charge in [0.2, 0.25) is 0 Å². The van der Waals surface area contributed by atoms with Crippen LogP contribution in [0.15, 0.2) is 30.5 Å². The van der Waals surface area contributed by atoms with Crippen molar-refractivity contribution >= 4 is 0 Å². The van der Waals surface area contributed by atoms with E-state index in [2.05, 4.69) is 29.5 Å². The molecule has 1 heterocycles. The summed E-state index contributed by atoms with van der Waals surface area (Å²) in [6.45, 7) is 4.99. The number of rotatable bonds is 7. The molecule has 0 aliphatic heterocycles. The average Bonchev–Trinajstić information content (AvgIpc) is 3.21. The fourth-order valence-electron chi connectivity index (χ4n) is 2.13. The molecule has 1 unspecified atom stereocenters. The van der Waals surface area contributed by atoms with Gasteiger partial charge in [0, 0.05) is 18.7 Å². The van der Waals surface area contributed by atoms with Crippen LogP contribution >= 0.6 is 0 Å². The van der Waals surface area contributed by atoms with E-state index in [0.717, 1.165) is 30.1 Å². The lowest BCUT2D eigenvalue weighted by molar-refractivity contribution is 0.217. The number of nitrogens with zero attached hydrogens (tertiary/aromatic N) is 3. The highest BCUT2D eigenvalue weighted by molar-refractivity contribution is 5.39. The van der Waals surface area contributed by atoms with Gasteiger partial charge in [-0.15, -0.1) is 5.10 Å². The molecule has 3 rings (SSSR count). The Morgan fingerprint density at radius 2 is 2.29 bits per heavy atom. The number of nitrogens with one attached hydrogen (secondary N) is 1. The highest BCUT2D eigenvalue weighted by Gasteiger charge is 2.21. The van der Waals surface area contributed by atoms with Gasteiger partial charge >= 0.3 is 0 Å². The van der Waals surface area contributed by atoms with E-state index < -0.39 is 0 Å². The van der Waals surface area contributed by atoms with Gasteiger partial charge in [0.15, 0.2) is 0 Å². The molecular formula is C16H22N4O. The molecule has 1 aromatic heterocycles. The fourth-order valence-corrected chi connectivity index (χ4v) is 2.13. The smallest absolute Gasteiger partial charge is 0.121 e. The molecule has 1 atom stereocenters. The van der Waals surface area contributed by atoms with E-state index in [-0.39, 0.29) is 6.10 Å². The van der Waals surface area contributed by atoms with E-state index in [4.69, 9.17) is 4.74 Å². The van der Waals surface area contributed by atoms with Gasteiger partial charge in [0.1, 0.15) is 5.75 Å². The topological polar surface area (TPSA) is 52.0 Å². The number of ether oxygens (including phenoxy) is 1. The Labute approximate surface area is 125 Å². The molecule has 1 aliphatic carbocycles. The molecule has 2 aromatic rings. The number of aromatic nitrogens is 3. The molecule has 1 N–H and O–H groups in total. The monoisotopic (exact) mass is 286 g/mol. The van der Waals surface area contributed by atoms with Gasteiger partial charge in [-0.3, -0.25) is 0 Å². The molecule has 0 bridgehead atoms. The van der Waals surface area contributed by atoms with E-state index >= 15 is 0 Å². The van der Waals surface area contributed by atoms with Crippen LogP contribution in [0.5, 0.6) is 5.75 Å². The first-order valence-electron chi connectivity index (χ1n) is 7.66. The van der Waals surface area contributed by atoms with E-state index in [0.29, 0.717) is 6.04 Å². The summed E-state index contributed by atoms with van der Waals surface area (Å²) in [7, 11) is 0. The summed E-state index contributed by atoms with van der Waals surface area (Å²) >= 11 is 0. The second kappa shape index (κ2) is 6.26. The molecular weight excluding hydrogens is 264 g/mol. The molecule has 1 fully saturated rings. The lowest BCUT2D eigenvalue weighted by atomic mass is 10.2. The largest absolute Gasteiger partial charge is 0.491 e. The molecule has 1 aliphatic rings. The van der Waals surface area contributed by atoms with Crippen molar-refractivity contribution in [2.75, 3.05) is 0 Å². The van der Waals surface area contributed by atoms with Gasteiger partial charge in [-0.1, -0.05) is 18.2 Å². The van der Waals surface area contributed by atoms with Crippen LogP contribution in [0.1, 0.15) is 38.8 Å². The molecule has 5 nitrogen and oxygen atoms in total. The Balaban J connectivity index is 1.76. The third-order valence-electron chi connectivity index (χ3n) is 3.74. The van der Waals surface area contributed by atoms with Crippen LogP contribution in [0.3, 0.4) is 0 Å². The summed E-state index contributed by atoms with van der Waals surface area (Å²) in [5.41, 5.74) is 2.06. The first-order chi connectivity index (χ1) is 10.3. The summed E-state index contributed by atoms with van der Waals surface area (Å²) in [4.78, 5) is 0. The predicted octanol–water partition coefficient (Wildman–Crippen LogP) is 2.70. The predicted molar refractivity (Wildman–Crippen MR) is 81.6 cm³/mol. The maximum atomic E-state index is 5.87. The van der Waals surface area contributed by atoms with E-state index in [9.17, 15) is 0 Å². The highest BCUT2D eigenvalue weighted by atomic mass is 16.5. The van der Waals surface area contributed by atoms with Crippen LogP contribution in [0.2, 0.25) is 0 Å². The lowest BCUT2D eigenvalue weighted by Crippen LogP contribution is -2.18. The molecule has 0 spiro atoms. The fraction of sp³-hybridized carbons (Fsp3) is 0.500. The van der Waals surface area contributed by atoms with Crippen molar-refractivity contribution in [3.8, 4) is 11.4 Å². The van der Waals surface area contributed by atoms with Crippen molar-refractivity contribution in [1.29, 1.82) is 0 Å². The first-order valence-corrected chi connectivity index (χ1v) is 7.66. The third kappa shape index (κ3) is 3.61. The third-order valence-corrected chi connectivity index (χ3v) is 3.74. The molecule has 112 valence electrons. The quantitative estimate of drug-likeness (QED) is 0.850. The van der Waals surface area contributed by atoms with Gasteiger partial charge in [-0.05, 0) is 38.3 Å². The minimum Gasteiger partial charge on any atom is -0.491 e. The minimum atomic E-state index is 0.215. The summed E-state index contributed by atoms with van der Waals surface area (Å²) < 4.78 is 7.75. The summed E-state index contributed by atoms with van der Waals surface area (Å²) in [6.07, 6.45) is 5.58. The van der Waals surface area contributed by atoms with Gasteiger partial charge in [-0.2, -0.15) is 0 Å². The maximum absolute atomic E-state index is 5.87. The molecule has 1 aromatic carbocycles. The summed E-state index contributed by atoms with van der Waals surface area (Å²) in [5, 5.41) is 11.7. The summed E-state index contributed by atoms with van der Waals surface area (Å²) in [5.74, 6) is 0.874. The Hall–Kier alpha value is -1.88. The molecule has 0 saturated heterocycles. The Bertz CT molecular complexity index is 591. The number of hydrogen-bond donors (Lipinski definition) is 1. The van der Waals surface area contributed by atoms with Crippen molar-refractivity contribution in [3.63, 3.8) is 0 Å². The minimum absolute atomic E-state index is 0.215. The Kier molecular flexibility index (Phi) is 4.20. The van der Waals surface area contributed by atoms with Crippen molar-refractivity contribution in [1.82, 2.24) is 20.3 Å². The summed E-state index contributed by atoms with van der Waals surface area (Å²) in [6, 6.07) is 8.69. The van der Waals surface area contributed by atoms with E-state index in [1.54, 1.807) is 0 Å². The van der Waals surface area contributed by atoms with Crippen LogP contribution < -0.4 is 10.1 Å². The lowest BCUT2D eigenvalue weighted by Gasteiger charge is -2.14. The SMILES string of the molecule is CCC(C)Oc1cccc(-n2nncc2CNC2CC2)c1. The van der Waals surface area contributed by atoms with E-state index in [1.807, 2.05) is 35.1 Å². The average molecular weight is 286 g/mol. The number of benzene rings is 1. The van der Waals surface area contributed by atoms with Crippen LogP contribution in [0.4, 0.5) is 0 Å². The van der Waals surface area contributed by atoms with Crippen LogP contribution in [0, 0.1) is 0 Å². The maximum Gasteiger partial charge on any atom is 0.121 e. The number of hydrogen-bond acceptors (Lipinski definition) is 4. The zero-order valence-electron chi connectivity index (χ0n) is 12.6. The van der Waals surface area contributed by atoms with Gasteiger partial charge < -0.3 is 10.1 Å². The molecule has 0 radical (unpaired) electrons. The first kappa shape index (κ1) is 14.1. The van der Waals surface area contributed by atoms with Crippen LogP contribution in [-0.2, 0) is 6.54 Å². The zero-order chi connectivity index (χ0) is 14.7. The molecule has 21 heavy (non-hydrogen) atoms. The van der Waals surface area contributed by atoms with Crippen molar-refractivity contribution in [2.24, 2.45) is 0 Å².